The summed E-state index contributed by atoms with van der Waals surface area (Å²) >= 11 is 0. The molecule has 1 aliphatic rings. The van der Waals surface area contributed by atoms with Crippen LogP contribution in [0.3, 0.4) is 0 Å². The third kappa shape index (κ3) is 8.99. The van der Waals surface area contributed by atoms with Crippen molar-refractivity contribution in [2.45, 2.75) is 70.1 Å². The number of carbonyl (C=O) groups is 1. The Labute approximate surface area is 182 Å². The van der Waals surface area contributed by atoms with Crippen molar-refractivity contribution in [3.8, 4) is 0 Å². The van der Waals surface area contributed by atoms with Crippen LogP contribution in [-0.4, -0.2) is 66.8 Å². The van der Waals surface area contributed by atoms with E-state index in [0.717, 1.165) is 51.1 Å². The van der Waals surface area contributed by atoms with Gasteiger partial charge in [0.15, 0.2) is 0 Å². The van der Waals surface area contributed by atoms with Crippen LogP contribution in [0.5, 0.6) is 0 Å². The minimum absolute atomic E-state index is 0.346. The van der Waals surface area contributed by atoms with Crippen molar-refractivity contribution in [2.24, 2.45) is 0 Å². The van der Waals surface area contributed by atoms with Gasteiger partial charge in [0, 0.05) is 25.7 Å². The first-order chi connectivity index (χ1) is 14.5. The van der Waals surface area contributed by atoms with E-state index in [1.54, 1.807) is 12.1 Å². The lowest BCUT2D eigenvalue weighted by Gasteiger charge is -2.34. The number of rotatable bonds is 14. The van der Waals surface area contributed by atoms with Gasteiger partial charge in [0.05, 0.1) is 11.7 Å². The highest BCUT2D eigenvalue weighted by Gasteiger charge is 2.24. The van der Waals surface area contributed by atoms with E-state index in [0.29, 0.717) is 17.7 Å². The summed E-state index contributed by atoms with van der Waals surface area (Å²) in [5, 5.41) is 9.01. The van der Waals surface area contributed by atoms with Crippen LogP contribution in [-0.2, 0) is 11.3 Å². The summed E-state index contributed by atoms with van der Waals surface area (Å²) in [5.74, 6) is -0.871. The summed E-state index contributed by atoms with van der Waals surface area (Å²) in [6.45, 7) is 7.64. The van der Waals surface area contributed by atoms with E-state index in [-0.39, 0.29) is 0 Å². The summed E-state index contributed by atoms with van der Waals surface area (Å²) < 4.78 is 6.13. The lowest BCUT2D eigenvalue weighted by Crippen LogP contribution is -2.36. The Kier molecular flexibility index (Phi) is 11.1. The molecule has 2 rings (SSSR count). The number of hydrogen-bond donors (Lipinski definition) is 1. The van der Waals surface area contributed by atoms with Crippen molar-refractivity contribution >= 4 is 5.97 Å². The number of benzene rings is 1. The average Bonchev–Trinajstić information content (AvgIpc) is 2.74. The third-order valence-corrected chi connectivity index (χ3v) is 6.13. The Balaban J connectivity index is 1.55. The molecule has 1 fully saturated rings. The first kappa shape index (κ1) is 24.6. The lowest BCUT2D eigenvalue weighted by molar-refractivity contribution is 0.00791. The van der Waals surface area contributed by atoms with Crippen molar-refractivity contribution in [3.05, 3.63) is 48.0 Å². The van der Waals surface area contributed by atoms with Gasteiger partial charge in [0.1, 0.15) is 0 Å². The van der Waals surface area contributed by atoms with Crippen LogP contribution in [0.15, 0.2) is 36.9 Å². The zero-order valence-electron chi connectivity index (χ0n) is 18.9. The molecule has 0 heterocycles. The Hall–Kier alpha value is -1.69. The van der Waals surface area contributed by atoms with Crippen LogP contribution < -0.4 is 0 Å². The second kappa shape index (κ2) is 13.6. The standard InChI is InChI=1S/C25H40N2O3/c1-4-17-26(2)18-7-5-6-8-19-30-24-15-13-23(14-16-24)27(3)20-21-9-11-22(12-10-21)25(28)29/h4,9-12,23-24H,1,5-8,13-20H2,2-3H3,(H,28,29). The molecule has 30 heavy (non-hydrogen) atoms. The van der Waals surface area contributed by atoms with E-state index in [1.165, 1.54) is 32.1 Å². The fourth-order valence-corrected chi connectivity index (χ4v) is 4.22. The molecule has 1 aliphatic carbocycles. The lowest BCUT2D eigenvalue weighted by atomic mass is 9.91. The third-order valence-electron chi connectivity index (χ3n) is 6.13. The van der Waals surface area contributed by atoms with Gasteiger partial charge in [-0.1, -0.05) is 31.1 Å². The molecule has 1 aromatic carbocycles. The van der Waals surface area contributed by atoms with E-state index in [4.69, 9.17) is 9.84 Å². The van der Waals surface area contributed by atoms with Gasteiger partial charge in [-0.3, -0.25) is 4.90 Å². The van der Waals surface area contributed by atoms with Crippen LogP contribution in [0.25, 0.3) is 0 Å². The Morgan fingerprint density at radius 3 is 2.40 bits per heavy atom. The number of likely N-dealkylation sites (N-methyl/N-ethyl adjacent to an activating group) is 1. The highest BCUT2D eigenvalue weighted by atomic mass is 16.5. The molecule has 0 aliphatic heterocycles. The number of ether oxygens (including phenoxy) is 1. The van der Waals surface area contributed by atoms with E-state index < -0.39 is 5.97 Å². The smallest absolute Gasteiger partial charge is 0.335 e. The molecular formula is C25H40N2O3. The van der Waals surface area contributed by atoms with Crippen LogP contribution in [0.2, 0.25) is 0 Å². The van der Waals surface area contributed by atoms with Gasteiger partial charge < -0.3 is 14.7 Å². The summed E-state index contributed by atoms with van der Waals surface area (Å²) in [4.78, 5) is 15.7. The summed E-state index contributed by atoms with van der Waals surface area (Å²) in [6, 6.07) is 7.81. The predicted molar refractivity (Wildman–Crippen MR) is 123 cm³/mol. The molecule has 5 heteroatoms. The highest BCUT2D eigenvalue weighted by Crippen LogP contribution is 2.25. The maximum Gasteiger partial charge on any atom is 0.335 e. The van der Waals surface area contributed by atoms with Gasteiger partial charge >= 0.3 is 5.97 Å². The fourth-order valence-electron chi connectivity index (χ4n) is 4.22. The molecule has 0 unspecified atom stereocenters. The van der Waals surface area contributed by atoms with Crippen LogP contribution in [0.1, 0.15) is 67.3 Å². The molecule has 0 bridgehead atoms. The van der Waals surface area contributed by atoms with Crippen LogP contribution >= 0.6 is 0 Å². The van der Waals surface area contributed by atoms with Crippen molar-refractivity contribution in [1.29, 1.82) is 0 Å². The number of aromatic carboxylic acids is 1. The largest absolute Gasteiger partial charge is 0.478 e. The molecule has 5 nitrogen and oxygen atoms in total. The van der Waals surface area contributed by atoms with Gasteiger partial charge in [-0.2, -0.15) is 0 Å². The number of carboxylic acid groups (broad SMARTS) is 1. The second-order valence-electron chi connectivity index (χ2n) is 8.68. The van der Waals surface area contributed by atoms with Crippen molar-refractivity contribution in [3.63, 3.8) is 0 Å². The zero-order chi connectivity index (χ0) is 21.8. The Bertz CT molecular complexity index is 624. The number of hydrogen-bond acceptors (Lipinski definition) is 4. The van der Waals surface area contributed by atoms with Gasteiger partial charge in [0.2, 0.25) is 0 Å². The van der Waals surface area contributed by atoms with E-state index in [9.17, 15) is 4.79 Å². The van der Waals surface area contributed by atoms with E-state index in [2.05, 4.69) is 30.5 Å². The molecule has 0 aromatic heterocycles. The predicted octanol–water partition coefficient (Wildman–Crippen LogP) is 4.82. The Morgan fingerprint density at radius 1 is 1.10 bits per heavy atom. The molecule has 1 N–H and O–H groups in total. The first-order valence-corrected chi connectivity index (χ1v) is 11.4. The van der Waals surface area contributed by atoms with Crippen molar-refractivity contribution in [2.75, 3.05) is 33.8 Å². The zero-order valence-corrected chi connectivity index (χ0v) is 18.9. The number of nitrogens with zero attached hydrogens (tertiary/aromatic N) is 2. The van der Waals surface area contributed by atoms with Crippen molar-refractivity contribution < 1.29 is 14.6 Å². The molecule has 0 radical (unpaired) electrons. The molecule has 168 valence electrons. The topological polar surface area (TPSA) is 53.0 Å². The average molecular weight is 417 g/mol. The van der Waals surface area contributed by atoms with E-state index >= 15 is 0 Å². The SMILES string of the molecule is C=CCN(C)CCCCCCOC1CCC(N(C)Cc2ccc(C(=O)O)cc2)CC1. The summed E-state index contributed by atoms with van der Waals surface area (Å²) in [7, 11) is 4.32. The minimum atomic E-state index is -0.871. The fraction of sp³-hybridized carbons (Fsp3) is 0.640. The first-order valence-electron chi connectivity index (χ1n) is 11.4. The molecule has 1 aromatic rings. The van der Waals surface area contributed by atoms with Crippen molar-refractivity contribution in [1.82, 2.24) is 9.80 Å². The monoisotopic (exact) mass is 416 g/mol. The van der Waals surface area contributed by atoms with Gasteiger partial charge in [-0.25, -0.2) is 4.79 Å². The van der Waals surface area contributed by atoms with Gasteiger partial charge in [-0.15, -0.1) is 6.58 Å². The molecule has 0 amide bonds. The van der Waals surface area contributed by atoms with Gasteiger partial charge in [-0.05, 0) is 76.9 Å². The van der Waals surface area contributed by atoms with Crippen LogP contribution in [0, 0.1) is 0 Å². The molecule has 0 spiro atoms. The number of carboxylic acids is 1. The molecule has 0 saturated heterocycles. The number of unbranched alkanes of at least 4 members (excludes halogenated alkanes) is 3. The highest BCUT2D eigenvalue weighted by molar-refractivity contribution is 5.87. The maximum absolute atomic E-state index is 11.0. The summed E-state index contributed by atoms with van der Waals surface area (Å²) in [6.07, 6.45) is 11.9. The van der Waals surface area contributed by atoms with Gasteiger partial charge in [0.25, 0.3) is 0 Å². The summed E-state index contributed by atoms with van der Waals surface area (Å²) in [5.41, 5.74) is 1.51. The minimum Gasteiger partial charge on any atom is -0.478 e. The second-order valence-corrected chi connectivity index (χ2v) is 8.68. The quantitative estimate of drug-likeness (QED) is 0.348. The molecular weight excluding hydrogens is 376 g/mol. The van der Waals surface area contributed by atoms with Crippen LogP contribution in [0.4, 0.5) is 0 Å². The normalized spacial score (nSPS) is 19.3. The van der Waals surface area contributed by atoms with E-state index in [1.807, 2.05) is 18.2 Å². The molecule has 1 saturated carbocycles. The Morgan fingerprint density at radius 2 is 1.77 bits per heavy atom. The maximum atomic E-state index is 11.0. The molecule has 0 atom stereocenters.